The highest BCUT2D eigenvalue weighted by Crippen LogP contribution is 2.31. The largest absolute Gasteiger partial charge is 0.444 e. The monoisotopic (exact) mass is 443 g/mol. The van der Waals surface area contributed by atoms with Crippen LogP contribution in [0.3, 0.4) is 0 Å². The first-order chi connectivity index (χ1) is 14.8. The van der Waals surface area contributed by atoms with E-state index in [9.17, 15) is 4.79 Å². The van der Waals surface area contributed by atoms with Crippen LogP contribution in [0.1, 0.15) is 51.8 Å². The third-order valence-electron chi connectivity index (χ3n) is 4.90. The van der Waals surface area contributed by atoms with Crippen molar-refractivity contribution in [1.82, 2.24) is 24.8 Å². The summed E-state index contributed by atoms with van der Waals surface area (Å²) in [6.45, 7) is 6.54. The number of hydrogen-bond acceptors (Lipinski definition) is 6. The molecule has 1 aliphatic heterocycles. The van der Waals surface area contributed by atoms with Crippen LogP contribution in [0.15, 0.2) is 30.6 Å². The molecule has 2 aromatic heterocycles. The van der Waals surface area contributed by atoms with E-state index in [4.69, 9.17) is 21.1 Å². The zero-order valence-electron chi connectivity index (χ0n) is 17.9. The molecule has 1 aliphatic rings. The summed E-state index contributed by atoms with van der Waals surface area (Å²) in [5, 5.41) is 2.92. The van der Waals surface area contributed by atoms with Gasteiger partial charge in [0, 0.05) is 18.7 Å². The zero-order chi connectivity index (χ0) is 22.0. The summed E-state index contributed by atoms with van der Waals surface area (Å²) in [6.07, 6.45) is 4.26. The maximum atomic E-state index is 12.0. The molecule has 1 N–H and O–H groups in total. The van der Waals surface area contributed by atoms with E-state index in [1.54, 1.807) is 6.33 Å². The lowest BCUT2D eigenvalue weighted by Gasteiger charge is -2.23. The smallest absolute Gasteiger partial charge is 0.407 e. The topological polar surface area (TPSA) is 91.2 Å². The maximum absolute atomic E-state index is 12.0. The number of nitrogens with zero attached hydrogens (tertiary/aromatic N) is 4. The Hall–Kier alpha value is -2.71. The SMILES string of the molecule is CC(C)(C)OC(=O)NCc1cccc(-c2nc(Cl)nc3c2ncn3C2CCCCO2)c1. The lowest BCUT2D eigenvalue weighted by atomic mass is 10.1. The van der Waals surface area contributed by atoms with Crippen LogP contribution in [0.4, 0.5) is 4.79 Å². The van der Waals surface area contributed by atoms with E-state index in [-0.39, 0.29) is 11.5 Å². The molecule has 0 saturated carbocycles. The Balaban J connectivity index is 1.61. The minimum atomic E-state index is -0.546. The number of benzene rings is 1. The highest BCUT2D eigenvalue weighted by molar-refractivity contribution is 6.28. The van der Waals surface area contributed by atoms with E-state index in [1.807, 2.05) is 49.6 Å². The van der Waals surface area contributed by atoms with Crippen LogP contribution in [0, 0.1) is 0 Å². The number of aromatic nitrogens is 4. The Kier molecular flexibility index (Phi) is 6.11. The summed E-state index contributed by atoms with van der Waals surface area (Å²) in [7, 11) is 0. The van der Waals surface area contributed by atoms with Crippen LogP contribution in [-0.2, 0) is 16.0 Å². The number of carbonyl (C=O) groups excluding carboxylic acids is 1. The summed E-state index contributed by atoms with van der Waals surface area (Å²) in [4.78, 5) is 25.4. The van der Waals surface area contributed by atoms with Gasteiger partial charge in [0.15, 0.2) is 5.65 Å². The van der Waals surface area contributed by atoms with Crippen LogP contribution >= 0.6 is 11.6 Å². The number of fused-ring (bicyclic) bond motifs is 1. The average Bonchev–Trinajstić information content (AvgIpc) is 3.15. The highest BCUT2D eigenvalue weighted by Gasteiger charge is 2.22. The molecule has 0 bridgehead atoms. The van der Waals surface area contributed by atoms with Gasteiger partial charge in [-0.25, -0.2) is 14.8 Å². The molecule has 0 spiro atoms. The van der Waals surface area contributed by atoms with Gasteiger partial charge in [0.25, 0.3) is 0 Å². The number of halogens is 1. The number of imidazole rings is 1. The zero-order valence-corrected chi connectivity index (χ0v) is 18.6. The van der Waals surface area contributed by atoms with Gasteiger partial charge in [-0.1, -0.05) is 18.2 Å². The number of alkyl carbamates (subject to hydrolysis) is 1. The summed E-state index contributed by atoms with van der Waals surface area (Å²) < 4.78 is 13.1. The van der Waals surface area contributed by atoms with Crippen molar-refractivity contribution < 1.29 is 14.3 Å². The Bertz CT molecular complexity index is 1090. The maximum Gasteiger partial charge on any atom is 0.407 e. The molecule has 1 unspecified atom stereocenters. The first kappa shape index (κ1) is 21.5. The second-order valence-electron chi connectivity index (χ2n) is 8.54. The normalized spacial score (nSPS) is 17.0. The lowest BCUT2D eigenvalue weighted by Crippen LogP contribution is -2.32. The van der Waals surface area contributed by atoms with Gasteiger partial charge < -0.3 is 14.8 Å². The molecule has 0 radical (unpaired) electrons. The van der Waals surface area contributed by atoms with Gasteiger partial charge >= 0.3 is 6.09 Å². The molecule has 8 nitrogen and oxygen atoms in total. The number of ether oxygens (including phenoxy) is 2. The van der Waals surface area contributed by atoms with E-state index < -0.39 is 11.7 Å². The molecular weight excluding hydrogens is 418 g/mol. The van der Waals surface area contributed by atoms with Gasteiger partial charge in [-0.2, -0.15) is 4.98 Å². The number of carbonyl (C=O) groups is 1. The molecular formula is C22H26ClN5O3. The van der Waals surface area contributed by atoms with Crippen molar-refractivity contribution in [3.63, 3.8) is 0 Å². The van der Waals surface area contributed by atoms with Crippen LogP contribution in [0.5, 0.6) is 0 Å². The van der Waals surface area contributed by atoms with Crippen molar-refractivity contribution in [2.75, 3.05) is 6.61 Å². The molecule has 9 heteroatoms. The first-order valence-electron chi connectivity index (χ1n) is 10.4. The second kappa shape index (κ2) is 8.80. The Labute approximate surface area is 185 Å². The number of rotatable bonds is 4. The third kappa shape index (κ3) is 5.14. The summed E-state index contributed by atoms with van der Waals surface area (Å²) in [6, 6.07) is 7.72. The molecule has 3 aromatic rings. The average molecular weight is 444 g/mol. The van der Waals surface area contributed by atoms with Gasteiger partial charge in [-0.3, -0.25) is 4.57 Å². The van der Waals surface area contributed by atoms with Crippen LogP contribution < -0.4 is 5.32 Å². The van der Waals surface area contributed by atoms with Crippen molar-refractivity contribution >= 4 is 28.9 Å². The third-order valence-corrected chi connectivity index (χ3v) is 5.07. The van der Waals surface area contributed by atoms with Crippen molar-refractivity contribution in [3.05, 3.63) is 41.4 Å². The van der Waals surface area contributed by atoms with Gasteiger partial charge in [0.05, 0.1) is 6.33 Å². The minimum absolute atomic E-state index is 0.0954. The van der Waals surface area contributed by atoms with Gasteiger partial charge in [0.2, 0.25) is 5.28 Å². The quantitative estimate of drug-likeness (QED) is 0.578. The fourth-order valence-electron chi connectivity index (χ4n) is 3.56. The predicted octanol–water partition coefficient (Wildman–Crippen LogP) is 4.87. The molecule has 1 amide bonds. The molecule has 3 heterocycles. The fourth-order valence-corrected chi connectivity index (χ4v) is 3.73. The predicted molar refractivity (Wildman–Crippen MR) is 118 cm³/mol. The van der Waals surface area contributed by atoms with Crippen LogP contribution in [0.2, 0.25) is 5.28 Å². The summed E-state index contributed by atoms with van der Waals surface area (Å²) >= 11 is 6.27. The van der Waals surface area contributed by atoms with Crippen molar-refractivity contribution in [2.24, 2.45) is 0 Å². The molecule has 1 aromatic carbocycles. The second-order valence-corrected chi connectivity index (χ2v) is 8.88. The minimum Gasteiger partial charge on any atom is -0.444 e. The molecule has 1 fully saturated rings. The van der Waals surface area contributed by atoms with Crippen molar-refractivity contribution in [1.29, 1.82) is 0 Å². The van der Waals surface area contributed by atoms with E-state index in [2.05, 4.69) is 20.3 Å². The van der Waals surface area contributed by atoms with Crippen LogP contribution in [0.25, 0.3) is 22.4 Å². The van der Waals surface area contributed by atoms with E-state index in [0.717, 1.165) is 37.0 Å². The summed E-state index contributed by atoms with van der Waals surface area (Å²) in [5.74, 6) is 0. The Morgan fingerprint density at radius 2 is 2.16 bits per heavy atom. The van der Waals surface area contributed by atoms with E-state index in [1.165, 1.54) is 0 Å². The molecule has 4 rings (SSSR count). The number of hydrogen-bond donors (Lipinski definition) is 1. The Morgan fingerprint density at radius 1 is 1.32 bits per heavy atom. The molecule has 31 heavy (non-hydrogen) atoms. The Morgan fingerprint density at radius 3 is 2.90 bits per heavy atom. The van der Waals surface area contributed by atoms with Crippen molar-refractivity contribution in [2.45, 2.75) is 58.4 Å². The van der Waals surface area contributed by atoms with E-state index in [0.29, 0.717) is 23.4 Å². The first-order valence-corrected chi connectivity index (χ1v) is 10.8. The standard InChI is InChI=1S/C22H26ClN5O3/c1-22(2,3)31-21(29)24-12-14-7-6-8-15(11-14)17-18-19(27-20(23)26-17)28(13-25-18)16-9-4-5-10-30-16/h6-8,11,13,16H,4-5,9-10,12H2,1-3H3,(H,24,29). The van der Waals surface area contributed by atoms with Crippen molar-refractivity contribution in [3.8, 4) is 11.3 Å². The lowest BCUT2D eigenvalue weighted by molar-refractivity contribution is -0.0298. The van der Waals surface area contributed by atoms with Gasteiger partial charge in [0.1, 0.15) is 23.0 Å². The molecule has 1 saturated heterocycles. The number of amides is 1. The fraction of sp³-hybridized carbons (Fsp3) is 0.455. The molecule has 1 atom stereocenters. The molecule has 164 valence electrons. The number of nitrogens with one attached hydrogen (secondary N) is 1. The van der Waals surface area contributed by atoms with E-state index >= 15 is 0 Å². The highest BCUT2D eigenvalue weighted by atomic mass is 35.5. The summed E-state index contributed by atoms with van der Waals surface area (Å²) in [5.41, 5.74) is 3.16. The van der Waals surface area contributed by atoms with Crippen LogP contribution in [-0.4, -0.2) is 37.8 Å². The van der Waals surface area contributed by atoms with Gasteiger partial charge in [-0.05, 0) is 63.3 Å². The van der Waals surface area contributed by atoms with Gasteiger partial charge in [-0.15, -0.1) is 0 Å². The molecule has 0 aliphatic carbocycles.